The molecule has 1 saturated carbocycles. The SMILES string of the molecule is CC(=O)C(C)OC1CC(C)CC(C)(C)C1. The van der Waals surface area contributed by atoms with Gasteiger partial charge in [0.05, 0.1) is 6.10 Å². The highest BCUT2D eigenvalue weighted by atomic mass is 16.5. The molecule has 0 amide bonds. The van der Waals surface area contributed by atoms with Gasteiger partial charge >= 0.3 is 0 Å². The van der Waals surface area contributed by atoms with E-state index in [2.05, 4.69) is 20.8 Å². The highest BCUT2D eigenvalue weighted by Crippen LogP contribution is 2.39. The lowest BCUT2D eigenvalue weighted by molar-refractivity contribution is -0.135. The molecule has 0 aliphatic heterocycles. The minimum Gasteiger partial charge on any atom is -0.367 e. The third-order valence-electron chi connectivity index (χ3n) is 3.32. The number of hydrogen-bond acceptors (Lipinski definition) is 2. The highest BCUT2D eigenvalue weighted by Gasteiger charge is 2.33. The van der Waals surface area contributed by atoms with Gasteiger partial charge in [-0.05, 0) is 44.4 Å². The summed E-state index contributed by atoms with van der Waals surface area (Å²) in [5.74, 6) is 0.837. The summed E-state index contributed by atoms with van der Waals surface area (Å²) in [7, 11) is 0. The molecule has 0 spiro atoms. The van der Waals surface area contributed by atoms with E-state index in [1.807, 2.05) is 6.92 Å². The van der Waals surface area contributed by atoms with Gasteiger partial charge in [0.25, 0.3) is 0 Å². The van der Waals surface area contributed by atoms with Gasteiger partial charge in [0.15, 0.2) is 5.78 Å². The average Bonchev–Trinajstić information content (AvgIpc) is 1.99. The molecule has 0 aromatic heterocycles. The second kappa shape index (κ2) is 4.65. The van der Waals surface area contributed by atoms with Crippen LogP contribution in [0.1, 0.15) is 53.9 Å². The fourth-order valence-electron chi connectivity index (χ4n) is 2.75. The smallest absolute Gasteiger partial charge is 0.158 e. The number of rotatable bonds is 3. The van der Waals surface area contributed by atoms with E-state index >= 15 is 0 Å². The molecule has 1 rings (SSSR count). The number of ether oxygens (including phenoxy) is 1. The van der Waals surface area contributed by atoms with Crippen LogP contribution < -0.4 is 0 Å². The fraction of sp³-hybridized carbons (Fsp3) is 0.923. The molecular formula is C13H24O2. The average molecular weight is 212 g/mol. The lowest BCUT2D eigenvalue weighted by atomic mass is 9.71. The molecule has 1 aliphatic rings. The quantitative estimate of drug-likeness (QED) is 0.718. The molecule has 1 fully saturated rings. The number of hydrogen-bond donors (Lipinski definition) is 0. The summed E-state index contributed by atoms with van der Waals surface area (Å²) in [6, 6.07) is 0. The molecule has 0 radical (unpaired) electrons. The summed E-state index contributed by atoms with van der Waals surface area (Å²) in [5.41, 5.74) is 0.360. The van der Waals surface area contributed by atoms with Crippen molar-refractivity contribution in [2.45, 2.75) is 66.1 Å². The minimum atomic E-state index is -0.240. The molecule has 0 aromatic rings. The molecular weight excluding hydrogens is 188 g/mol. The largest absolute Gasteiger partial charge is 0.367 e. The van der Waals surface area contributed by atoms with Gasteiger partial charge in [-0.1, -0.05) is 20.8 Å². The Labute approximate surface area is 93.4 Å². The van der Waals surface area contributed by atoms with Gasteiger partial charge in [0, 0.05) is 0 Å². The molecule has 88 valence electrons. The van der Waals surface area contributed by atoms with Crippen LogP contribution in [0.15, 0.2) is 0 Å². The van der Waals surface area contributed by atoms with E-state index < -0.39 is 0 Å². The number of carbonyl (C=O) groups is 1. The van der Waals surface area contributed by atoms with E-state index in [9.17, 15) is 4.79 Å². The van der Waals surface area contributed by atoms with Crippen molar-refractivity contribution in [3.05, 3.63) is 0 Å². The highest BCUT2D eigenvalue weighted by molar-refractivity contribution is 5.79. The Bertz CT molecular complexity index is 233. The van der Waals surface area contributed by atoms with Crippen LogP contribution in [-0.2, 0) is 9.53 Å². The van der Waals surface area contributed by atoms with Crippen molar-refractivity contribution in [1.29, 1.82) is 0 Å². The van der Waals surface area contributed by atoms with Crippen LogP contribution in [0.2, 0.25) is 0 Å². The van der Waals surface area contributed by atoms with Gasteiger partial charge in [-0.3, -0.25) is 4.79 Å². The van der Waals surface area contributed by atoms with Crippen LogP contribution in [0.3, 0.4) is 0 Å². The molecule has 3 atom stereocenters. The molecule has 0 bridgehead atoms. The van der Waals surface area contributed by atoms with Crippen molar-refractivity contribution in [2.75, 3.05) is 0 Å². The fourth-order valence-corrected chi connectivity index (χ4v) is 2.75. The van der Waals surface area contributed by atoms with E-state index in [0.717, 1.165) is 12.8 Å². The van der Waals surface area contributed by atoms with Gasteiger partial charge in [-0.15, -0.1) is 0 Å². The molecule has 0 N–H and O–H groups in total. The lowest BCUT2D eigenvalue weighted by Crippen LogP contribution is -2.35. The molecule has 0 heterocycles. The summed E-state index contributed by atoms with van der Waals surface area (Å²) >= 11 is 0. The van der Waals surface area contributed by atoms with Crippen molar-refractivity contribution >= 4 is 5.78 Å². The third-order valence-corrected chi connectivity index (χ3v) is 3.32. The van der Waals surface area contributed by atoms with Crippen LogP contribution >= 0.6 is 0 Å². The van der Waals surface area contributed by atoms with E-state index in [0.29, 0.717) is 11.3 Å². The summed E-state index contributed by atoms with van der Waals surface area (Å²) in [6.07, 6.45) is 3.47. The molecule has 3 unspecified atom stereocenters. The van der Waals surface area contributed by atoms with Crippen molar-refractivity contribution in [1.82, 2.24) is 0 Å². The van der Waals surface area contributed by atoms with Gasteiger partial charge in [0.2, 0.25) is 0 Å². The first-order valence-electron chi connectivity index (χ1n) is 5.96. The van der Waals surface area contributed by atoms with E-state index in [4.69, 9.17) is 4.74 Å². The van der Waals surface area contributed by atoms with Gasteiger partial charge in [-0.25, -0.2) is 0 Å². The van der Waals surface area contributed by atoms with Crippen molar-refractivity contribution in [3.63, 3.8) is 0 Å². The Balaban J connectivity index is 2.52. The molecule has 0 aromatic carbocycles. The Kier molecular flexibility index (Phi) is 3.93. The number of carbonyl (C=O) groups excluding carboxylic acids is 1. The van der Waals surface area contributed by atoms with Crippen LogP contribution in [0.5, 0.6) is 0 Å². The number of ketones is 1. The molecule has 2 heteroatoms. The Hall–Kier alpha value is -0.370. The standard InChI is InChI=1S/C13H24O2/c1-9-6-12(8-13(4,5)7-9)15-11(3)10(2)14/h9,11-12H,6-8H2,1-5H3. The maximum absolute atomic E-state index is 11.1. The van der Waals surface area contributed by atoms with Crippen molar-refractivity contribution in [2.24, 2.45) is 11.3 Å². The minimum absolute atomic E-state index is 0.131. The van der Waals surface area contributed by atoms with Crippen molar-refractivity contribution in [3.8, 4) is 0 Å². The summed E-state index contributed by atoms with van der Waals surface area (Å²) < 4.78 is 5.81. The molecule has 1 aliphatic carbocycles. The normalized spacial score (nSPS) is 32.3. The van der Waals surface area contributed by atoms with E-state index in [1.165, 1.54) is 6.42 Å². The Morgan fingerprint density at radius 2 is 2.00 bits per heavy atom. The molecule has 0 saturated heterocycles. The second-order valence-electron chi connectivity index (χ2n) is 5.92. The second-order valence-corrected chi connectivity index (χ2v) is 5.92. The molecule has 2 nitrogen and oxygen atoms in total. The molecule has 15 heavy (non-hydrogen) atoms. The van der Waals surface area contributed by atoms with Crippen LogP contribution in [0.25, 0.3) is 0 Å². The van der Waals surface area contributed by atoms with Crippen LogP contribution in [0, 0.1) is 11.3 Å². The zero-order chi connectivity index (χ0) is 11.6. The third kappa shape index (κ3) is 3.94. The monoisotopic (exact) mass is 212 g/mol. The number of Topliss-reactive ketones (excluding diaryl/α,β-unsaturated/α-hetero) is 1. The maximum atomic E-state index is 11.1. The van der Waals surface area contributed by atoms with Crippen LogP contribution in [0.4, 0.5) is 0 Å². The predicted molar refractivity (Wildman–Crippen MR) is 61.8 cm³/mol. The van der Waals surface area contributed by atoms with Gasteiger partial charge in [0.1, 0.15) is 6.10 Å². The van der Waals surface area contributed by atoms with E-state index in [-0.39, 0.29) is 18.0 Å². The lowest BCUT2D eigenvalue weighted by Gasteiger charge is -2.39. The summed E-state index contributed by atoms with van der Waals surface area (Å²) in [4.78, 5) is 11.1. The van der Waals surface area contributed by atoms with Crippen LogP contribution in [-0.4, -0.2) is 18.0 Å². The van der Waals surface area contributed by atoms with E-state index in [1.54, 1.807) is 6.92 Å². The zero-order valence-corrected chi connectivity index (χ0v) is 10.7. The first kappa shape index (κ1) is 12.7. The summed E-state index contributed by atoms with van der Waals surface area (Å²) in [6.45, 7) is 10.3. The first-order chi connectivity index (χ1) is 6.80. The Morgan fingerprint density at radius 3 is 2.47 bits per heavy atom. The maximum Gasteiger partial charge on any atom is 0.158 e. The van der Waals surface area contributed by atoms with Gasteiger partial charge < -0.3 is 4.74 Å². The van der Waals surface area contributed by atoms with Crippen molar-refractivity contribution < 1.29 is 9.53 Å². The van der Waals surface area contributed by atoms with Gasteiger partial charge in [-0.2, -0.15) is 0 Å². The topological polar surface area (TPSA) is 26.3 Å². The predicted octanol–water partition coefficient (Wildman–Crippen LogP) is 3.20. The summed E-state index contributed by atoms with van der Waals surface area (Å²) in [5, 5.41) is 0. The Morgan fingerprint density at radius 1 is 1.40 bits per heavy atom. The first-order valence-corrected chi connectivity index (χ1v) is 5.96. The zero-order valence-electron chi connectivity index (χ0n) is 10.7.